The van der Waals surface area contributed by atoms with Crippen molar-refractivity contribution >= 4 is 8.32 Å². The summed E-state index contributed by atoms with van der Waals surface area (Å²) in [5, 5.41) is 0. The summed E-state index contributed by atoms with van der Waals surface area (Å²) in [6.45, 7) is 12.9. The first-order chi connectivity index (χ1) is 6.37. The molecular weight excluding hydrogens is 188 g/mol. The monoisotopic (exact) mass is 212 g/mol. The molecule has 0 amide bonds. The quantitative estimate of drug-likeness (QED) is 0.368. The molecule has 2 unspecified atom stereocenters. The molecule has 0 bridgehead atoms. The molecule has 0 N–H and O–H groups in total. The molecule has 0 heterocycles. The minimum absolute atomic E-state index is 0.228. The Morgan fingerprint density at radius 3 is 2.64 bits per heavy atom. The molecule has 0 aromatic heterocycles. The minimum atomic E-state index is -1.34. The molecule has 2 heteroatoms. The number of hydrogen-bond acceptors (Lipinski definition) is 1. The van der Waals surface area contributed by atoms with Gasteiger partial charge in [-0.05, 0) is 58.2 Å². The van der Waals surface area contributed by atoms with E-state index in [1.807, 2.05) is 6.08 Å². The first-order valence-electron chi connectivity index (χ1n) is 5.68. The summed E-state index contributed by atoms with van der Waals surface area (Å²) in [6, 6.07) is 0. The summed E-state index contributed by atoms with van der Waals surface area (Å²) in [5.74, 6) is 0.814. The van der Waals surface area contributed by atoms with Gasteiger partial charge in [0.1, 0.15) is 0 Å². The maximum absolute atomic E-state index is 6.19. The van der Waals surface area contributed by atoms with E-state index in [1.165, 1.54) is 19.3 Å². The van der Waals surface area contributed by atoms with E-state index in [2.05, 4.69) is 33.1 Å². The zero-order valence-electron chi connectivity index (χ0n) is 10.1. The van der Waals surface area contributed by atoms with Crippen molar-refractivity contribution < 1.29 is 4.43 Å². The summed E-state index contributed by atoms with van der Waals surface area (Å²) in [7, 11) is -1.34. The maximum atomic E-state index is 6.19. The lowest BCUT2D eigenvalue weighted by Gasteiger charge is -2.24. The first kappa shape index (κ1) is 12.0. The second-order valence-corrected chi connectivity index (χ2v) is 10.1. The highest BCUT2D eigenvalue weighted by atomic mass is 28.4. The minimum Gasteiger partial charge on any atom is -0.412 e. The molecule has 1 fully saturated rings. The highest BCUT2D eigenvalue weighted by Crippen LogP contribution is 2.50. The Morgan fingerprint density at radius 1 is 1.50 bits per heavy atom. The van der Waals surface area contributed by atoms with Gasteiger partial charge in [0.2, 0.25) is 0 Å². The van der Waals surface area contributed by atoms with Crippen LogP contribution in [0.2, 0.25) is 19.6 Å². The van der Waals surface area contributed by atoms with Crippen molar-refractivity contribution in [3.05, 3.63) is 12.7 Å². The molecule has 0 radical (unpaired) electrons. The maximum Gasteiger partial charge on any atom is 0.184 e. The van der Waals surface area contributed by atoms with E-state index in [4.69, 9.17) is 4.43 Å². The molecule has 0 spiro atoms. The number of unbranched alkanes of at least 4 members (excludes halogenated alkanes) is 1. The zero-order valence-corrected chi connectivity index (χ0v) is 11.1. The third-order valence-electron chi connectivity index (χ3n) is 2.86. The van der Waals surface area contributed by atoms with Crippen molar-refractivity contribution in [3.63, 3.8) is 0 Å². The third kappa shape index (κ3) is 3.58. The van der Waals surface area contributed by atoms with E-state index in [0.717, 1.165) is 12.3 Å². The van der Waals surface area contributed by atoms with Gasteiger partial charge in [0, 0.05) is 0 Å². The van der Waals surface area contributed by atoms with Gasteiger partial charge >= 0.3 is 0 Å². The van der Waals surface area contributed by atoms with E-state index >= 15 is 0 Å². The van der Waals surface area contributed by atoms with Crippen LogP contribution in [-0.4, -0.2) is 13.9 Å². The van der Waals surface area contributed by atoms with Crippen LogP contribution in [0, 0.1) is 5.92 Å². The fourth-order valence-electron chi connectivity index (χ4n) is 2.17. The Hall–Kier alpha value is -0.0831. The molecule has 0 aromatic carbocycles. The van der Waals surface area contributed by atoms with Crippen LogP contribution in [0.3, 0.4) is 0 Å². The van der Waals surface area contributed by atoms with Gasteiger partial charge in [-0.2, -0.15) is 0 Å². The van der Waals surface area contributed by atoms with Crippen LogP contribution >= 0.6 is 0 Å². The molecule has 1 saturated carbocycles. The first-order valence-corrected chi connectivity index (χ1v) is 9.09. The van der Waals surface area contributed by atoms with Crippen molar-refractivity contribution in [2.75, 3.05) is 0 Å². The van der Waals surface area contributed by atoms with Crippen LogP contribution in [0.25, 0.3) is 0 Å². The summed E-state index contributed by atoms with van der Waals surface area (Å²) < 4.78 is 6.19. The Labute approximate surface area is 89.7 Å². The van der Waals surface area contributed by atoms with Gasteiger partial charge in [0.05, 0.1) is 5.60 Å². The van der Waals surface area contributed by atoms with Crippen LogP contribution in [0.4, 0.5) is 0 Å². The van der Waals surface area contributed by atoms with E-state index in [0.29, 0.717) is 0 Å². The molecule has 1 rings (SSSR count). The lowest BCUT2D eigenvalue weighted by molar-refractivity contribution is 0.169. The van der Waals surface area contributed by atoms with Crippen molar-refractivity contribution in [3.8, 4) is 0 Å². The lowest BCUT2D eigenvalue weighted by Crippen LogP contribution is -2.32. The molecule has 14 heavy (non-hydrogen) atoms. The van der Waals surface area contributed by atoms with Crippen LogP contribution in [0.15, 0.2) is 12.7 Å². The summed E-state index contributed by atoms with van der Waals surface area (Å²) in [4.78, 5) is 0. The smallest absolute Gasteiger partial charge is 0.184 e. The fraction of sp³-hybridized carbons (Fsp3) is 0.833. The van der Waals surface area contributed by atoms with Gasteiger partial charge in [-0.3, -0.25) is 0 Å². The zero-order chi connectivity index (χ0) is 10.8. The highest BCUT2D eigenvalue weighted by Gasteiger charge is 2.52. The predicted octanol–water partition coefficient (Wildman–Crippen LogP) is 3.97. The van der Waals surface area contributed by atoms with Gasteiger partial charge in [0.15, 0.2) is 8.32 Å². The van der Waals surface area contributed by atoms with Crippen molar-refractivity contribution in [2.24, 2.45) is 5.92 Å². The second-order valence-electron chi connectivity index (χ2n) is 5.65. The molecule has 0 aromatic rings. The molecule has 1 nitrogen and oxygen atoms in total. The number of hydrogen-bond donors (Lipinski definition) is 0. The second kappa shape index (κ2) is 4.19. The van der Waals surface area contributed by atoms with Gasteiger partial charge in [-0.1, -0.05) is 6.08 Å². The largest absolute Gasteiger partial charge is 0.412 e. The Kier molecular flexibility index (Phi) is 3.59. The van der Waals surface area contributed by atoms with Crippen molar-refractivity contribution in [1.82, 2.24) is 0 Å². The van der Waals surface area contributed by atoms with E-state index < -0.39 is 8.32 Å². The normalized spacial score (nSPS) is 31.6. The van der Waals surface area contributed by atoms with E-state index in [1.54, 1.807) is 0 Å². The fourth-order valence-corrected chi connectivity index (χ4v) is 3.82. The summed E-state index contributed by atoms with van der Waals surface area (Å²) in [6.07, 6.45) is 7.03. The topological polar surface area (TPSA) is 9.23 Å². The van der Waals surface area contributed by atoms with E-state index in [9.17, 15) is 0 Å². The molecular formula is C12H24OSi. The van der Waals surface area contributed by atoms with Gasteiger partial charge in [-0.15, -0.1) is 6.58 Å². The molecule has 0 saturated heterocycles. The average molecular weight is 212 g/mol. The molecule has 1 aliphatic rings. The average Bonchev–Trinajstić information content (AvgIpc) is 2.57. The van der Waals surface area contributed by atoms with Crippen molar-refractivity contribution in [1.29, 1.82) is 0 Å². The standard InChI is InChI=1S/C12H24OSi/c1-6-7-8-9-11-10-12(11,2)13-14(3,4)5/h6,11H,1,7-10H2,2-5H3. The summed E-state index contributed by atoms with van der Waals surface area (Å²) >= 11 is 0. The van der Waals surface area contributed by atoms with Gasteiger partial charge in [0.25, 0.3) is 0 Å². The Balaban J connectivity index is 2.25. The number of rotatable bonds is 6. The Morgan fingerprint density at radius 2 is 2.14 bits per heavy atom. The van der Waals surface area contributed by atoms with E-state index in [-0.39, 0.29) is 5.60 Å². The molecule has 2 atom stereocenters. The van der Waals surface area contributed by atoms with Crippen LogP contribution < -0.4 is 0 Å². The predicted molar refractivity (Wildman–Crippen MR) is 65.0 cm³/mol. The third-order valence-corrected chi connectivity index (χ3v) is 3.93. The summed E-state index contributed by atoms with van der Waals surface area (Å²) in [5.41, 5.74) is 0.228. The van der Waals surface area contributed by atoms with Crippen LogP contribution in [0.1, 0.15) is 32.6 Å². The molecule has 82 valence electrons. The lowest BCUT2D eigenvalue weighted by atomic mass is 10.1. The van der Waals surface area contributed by atoms with Crippen molar-refractivity contribution in [2.45, 2.75) is 57.8 Å². The molecule has 1 aliphatic carbocycles. The van der Waals surface area contributed by atoms with Crippen LogP contribution in [-0.2, 0) is 4.43 Å². The van der Waals surface area contributed by atoms with Gasteiger partial charge in [-0.25, -0.2) is 0 Å². The molecule has 0 aliphatic heterocycles. The van der Waals surface area contributed by atoms with Gasteiger partial charge < -0.3 is 4.43 Å². The Bertz CT molecular complexity index is 207. The SMILES string of the molecule is C=CCCCC1CC1(C)O[Si](C)(C)C. The highest BCUT2D eigenvalue weighted by molar-refractivity contribution is 6.69. The van der Waals surface area contributed by atoms with Crippen LogP contribution in [0.5, 0.6) is 0 Å². The number of allylic oxidation sites excluding steroid dienone is 1.